The third-order valence-corrected chi connectivity index (χ3v) is 6.36. The van der Waals surface area contributed by atoms with Crippen LogP contribution in [0.1, 0.15) is 19.8 Å². The van der Waals surface area contributed by atoms with Crippen LogP contribution in [-0.4, -0.2) is 54.6 Å². The maximum Gasteiger partial charge on any atom is 0.318 e. The molecule has 7 heteroatoms. The first-order chi connectivity index (χ1) is 8.04. The first kappa shape index (κ1) is 13.0. The third-order valence-electron chi connectivity index (χ3n) is 3.07. The lowest BCUT2D eigenvalue weighted by atomic mass is 10.5. The number of nitrogens with zero attached hydrogens (tertiary/aromatic N) is 1. The van der Waals surface area contributed by atoms with E-state index in [0.717, 1.165) is 18.6 Å². The van der Waals surface area contributed by atoms with E-state index in [9.17, 15) is 13.2 Å². The van der Waals surface area contributed by atoms with Crippen molar-refractivity contribution in [1.29, 1.82) is 0 Å². The highest BCUT2D eigenvalue weighted by Crippen LogP contribution is 2.23. The molecule has 2 amide bonds. The van der Waals surface area contributed by atoms with Crippen LogP contribution >= 0.6 is 11.8 Å². The van der Waals surface area contributed by atoms with Crippen molar-refractivity contribution in [3.63, 3.8) is 0 Å². The van der Waals surface area contributed by atoms with E-state index >= 15 is 0 Å². The van der Waals surface area contributed by atoms with Crippen molar-refractivity contribution in [2.75, 3.05) is 23.8 Å². The van der Waals surface area contributed by atoms with Crippen molar-refractivity contribution >= 4 is 27.6 Å². The molecule has 1 unspecified atom stereocenters. The first-order valence-corrected chi connectivity index (χ1v) is 8.78. The number of hydrogen-bond donors (Lipinski definition) is 1. The Balaban J connectivity index is 2.08. The monoisotopic (exact) mass is 278 g/mol. The fourth-order valence-corrected chi connectivity index (χ4v) is 4.75. The van der Waals surface area contributed by atoms with Gasteiger partial charge in [-0.15, -0.1) is 0 Å². The number of thioether (sulfide) groups is 1. The summed E-state index contributed by atoms with van der Waals surface area (Å²) in [5, 5.41) is 2.21. The van der Waals surface area contributed by atoms with Crippen molar-refractivity contribution in [3.8, 4) is 0 Å². The van der Waals surface area contributed by atoms with E-state index in [2.05, 4.69) is 5.32 Å². The minimum atomic E-state index is -3.19. The molecule has 1 saturated carbocycles. The topological polar surface area (TPSA) is 66.5 Å². The number of rotatable bonds is 3. The van der Waals surface area contributed by atoms with E-state index in [0.29, 0.717) is 12.3 Å². The zero-order chi connectivity index (χ0) is 12.5. The van der Waals surface area contributed by atoms with Gasteiger partial charge in [0.05, 0.1) is 0 Å². The quantitative estimate of drug-likeness (QED) is 0.824. The molecule has 0 aromatic heterocycles. The lowest BCUT2D eigenvalue weighted by Crippen LogP contribution is -2.54. The zero-order valence-corrected chi connectivity index (χ0v) is 11.5. The van der Waals surface area contributed by atoms with Gasteiger partial charge in [-0.2, -0.15) is 11.8 Å². The van der Waals surface area contributed by atoms with Crippen LogP contribution in [0, 0.1) is 0 Å². The van der Waals surface area contributed by atoms with Gasteiger partial charge in [-0.25, -0.2) is 13.2 Å². The van der Waals surface area contributed by atoms with E-state index in [1.54, 1.807) is 18.7 Å². The molecule has 0 spiro atoms. The number of sulfone groups is 1. The Morgan fingerprint density at radius 2 is 2.18 bits per heavy atom. The van der Waals surface area contributed by atoms with Crippen LogP contribution in [0.25, 0.3) is 0 Å². The van der Waals surface area contributed by atoms with E-state index in [4.69, 9.17) is 0 Å². The minimum Gasteiger partial charge on any atom is -0.335 e. The molecule has 0 radical (unpaired) electrons. The van der Waals surface area contributed by atoms with Gasteiger partial charge < -0.3 is 10.2 Å². The Morgan fingerprint density at radius 3 is 2.76 bits per heavy atom. The van der Waals surface area contributed by atoms with Crippen molar-refractivity contribution in [3.05, 3.63) is 0 Å². The molecule has 2 rings (SSSR count). The molecule has 1 heterocycles. The van der Waals surface area contributed by atoms with Gasteiger partial charge in [0.25, 0.3) is 0 Å². The molecule has 2 aliphatic rings. The SMILES string of the molecule is CCS(=O)(=O)C1CSCCN1C(=O)NC1CC1. The van der Waals surface area contributed by atoms with Crippen molar-refractivity contribution < 1.29 is 13.2 Å². The van der Waals surface area contributed by atoms with E-state index in [1.165, 1.54) is 4.90 Å². The Morgan fingerprint density at radius 1 is 1.47 bits per heavy atom. The molecule has 1 aliphatic carbocycles. The maximum absolute atomic E-state index is 12.0. The molecule has 1 atom stereocenters. The zero-order valence-electron chi connectivity index (χ0n) is 9.89. The summed E-state index contributed by atoms with van der Waals surface area (Å²) in [5.74, 6) is 1.40. The number of carbonyl (C=O) groups is 1. The van der Waals surface area contributed by atoms with Crippen molar-refractivity contribution in [2.24, 2.45) is 0 Å². The summed E-state index contributed by atoms with van der Waals surface area (Å²) >= 11 is 1.60. The van der Waals surface area contributed by atoms with Gasteiger partial charge in [0, 0.05) is 29.8 Å². The Bertz CT molecular complexity index is 392. The molecule has 1 saturated heterocycles. The Kier molecular flexibility index (Phi) is 3.87. The molecule has 17 heavy (non-hydrogen) atoms. The normalized spacial score (nSPS) is 25.7. The lowest BCUT2D eigenvalue weighted by molar-refractivity contribution is 0.196. The summed E-state index contributed by atoms with van der Waals surface area (Å²) in [6, 6.07) is 0.0527. The third kappa shape index (κ3) is 3.07. The number of carbonyl (C=O) groups excluding carboxylic acids is 1. The van der Waals surface area contributed by atoms with E-state index in [1.807, 2.05) is 0 Å². The number of amides is 2. The standard InChI is InChI=1S/C10H18N2O3S2/c1-2-17(14,15)9-7-16-6-5-12(9)10(13)11-8-3-4-8/h8-9H,2-7H2,1H3,(H,11,13). The molecule has 1 N–H and O–H groups in total. The average Bonchev–Trinajstić information content (AvgIpc) is 3.13. The van der Waals surface area contributed by atoms with E-state index < -0.39 is 15.2 Å². The smallest absolute Gasteiger partial charge is 0.318 e. The van der Waals surface area contributed by atoms with Gasteiger partial charge in [0.1, 0.15) is 5.37 Å². The summed E-state index contributed by atoms with van der Waals surface area (Å²) < 4.78 is 23.9. The number of hydrogen-bond acceptors (Lipinski definition) is 4. The summed E-state index contributed by atoms with van der Waals surface area (Å²) in [6.45, 7) is 2.15. The van der Waals surface area contributed by atoms with Gasteiger partial charge in [-0.3, -0.25) is 0 Å². The highest BCUT2D eigenvalue weighted by molar-refractivity contribution is 8.01. The molecule has 1 aliphatic heterocycles. The predicted molar refractivity (Wildman–Crippen MR) is 68.8 cm³/mol. The predicted octanol–water partition coefficient (Wildman–Crippen LogP) is 0.668. The molecule has 0 aromatic rings. The maximum atomic E-state index is 12.0. The summed E-state index contributed by atoms with van der Waals surface area (Å²) in [6.07, 6.45) is 2.03. The van der Waals surface area contributed by atoms with Gasteiger partial charge in [-0.1, -0.05) is 6.92 Å². The first-order valence-electron chi connectivity index (χ1n) is 5.91. The molecule has 0 aromatic carbocycles. The van der Waals surface area contributed by atoms with Gasteiger partial charge in [0.2, 0.25) is 0 Å². The van der Waals surface area contributed by atoms with Gasteiger partial charge in [0.15, 0.2) is 9.84 Å². The molecule has 5 nitrogen and oxygen atoms in total. The highest BCUT2D eigenvalue weighted by Gasteiger charge is 2.37. The second-order valence-corrected chi connectivity index (χ2v) is 8.00. The average molecular weight is 278 g/mol. The molecular formula is C10H18N2O3S2. The highest BCUT2D eigenvalue weighted by atomic mass is 32.2. The Hall–Kier alpha value is -0.430. The summed E-state index contributed by atoms with van der Waals surface area (Å²) in [5.41, 5.74) is 0. The number of urea groups is 1. The second kappa shape index (κ2) is 5.06. The number of nitrogens with one attached hydrogen (secondary N) is 1. The van der Waals surface area contributed by atoms with Crippen LogP contribution in [0.3, 0.4) is 0 Å². The molecule has 0 bridgehead atoms. The summed E-state index contributed by atoms with van der Waals surface area (Å²) in [4.78, 5) is 13.5. The summed E-state index contributed by atoms with van der Waals surface area (Å²) in [7, 11) is -3.19. The van der Waals surface area contributed by atoms with Crippen molar-refractivity contribution in [2.45, 2.75) is 31.2 Å². The fraction of sp³-hybridized carbons (Fsp3) is 0.900. The molecule has 98 valence electrons. The minimum absolute atomic E-state index is 0.0887. The molecular weight excluding hydrogens is 260 g/mol. The van der Waals surface area contributed by atoms with E-state index in [-0.39, 0.29) is 17.8 Å². The lowest BCUT2D eigenvalue weighted by Gasteiger charge is -2.34. The molecule has 2 fully saturated rings. The van der Waals surface area contributed by atoms with Crippen LogP contribution in [0.2, 0.25) is 0 Å². The second-order valence-electron chi connectivity index (χ2n) is 4.40. The van der Waals surface area contributed by atoms with Crippen LogP contribution in [0.15, 0.2) is 0 Å². The van der Waals surface area contributed by atoms with Crippen LogP contribution in [0.5, 0.6) is 0 Å². The fourth-order valence-electron chi connectivity index (χ4n) is 1.79. The Labute approximate surface area is 106 Å². The largest absolute Gasteiger partial charge is 0.335 e. The van der Waals surface area contributed by atoms with Crippen LogP contribution in [0.4, 0.5) is 4.79 Å². The van der Waals surface area contributed by atoms with Gasteiger partial charge in [-0.05, 0) is 12.8 Å². The van der Waals surface area contributed by atoms with Gasteiger partial charge >= 0.3 is 6.03 Å². The van der Waals surface area contributed by atoms with Crippen molar-refractivity contribution in [1.82, 2.24) is 10.2 Å². The van der Waals surface area contributed by atoms with Crippen LogP contribution < -0.4 is 5.32 Å². The van der Waals surface area contributed by atoms with Crippen LogP contribution in [-0.2, 0) is 9.84 Å².